The Bertz CT molecular complexity index is 771. The molecule has 0 unspecified atom stereocenters. The second-order valence-electron chi connectivity index (χ2n) is 5.30. The van der Waals surface area contributed by atoms with Gasteiger partial charge in [-0.2, -0.15) is 0 Å². The topological polar surface area (TPSA) is 81.7 Å². The SMILES string of the molecule is COc1ccc(C(=O)CC(=O)CC(=O)Nc2ccccc2)cc1OC. The highest BCUT2D eigenvalue weighted by Crippen LogP contribution is 2.28. The van der Waals surface area contributed by atoms with E-state index >= 15 is 0 Å². The minimum Gasteiger partial charge on any atom is -0.493 e. The van der Waals surface area contributed by atoms with Gasteiger partial charge in [-0.25, -0.2) is 0 Å². The van der Waals surface area contributed by atoms with Crippen LogP contribution in [-0.2, 0) is 9.59 Å². The second-order valence-corrected chi connectivity index (χ2v) is 5.30. The number of para-hydroxylation sites is 1. The lowest BCUT2D eigenvalue weighted by Crippen LogP contribution is -2.18. The van der Waals surface area contributed by atoms with Crippen molar-refractivity contribution in [2.75, 3.05) is 19.5 Å². The highest BCUT2D eigenvalue weighted by Gasteiger charge is 2.17. The van der Waals surface area contributed by atoms with Gasteiger partial charge in [0.15, 0.2) is 17.3 Å². The van der Waals surface area contributed by atoms with E-state index in [9.17, 15) is 14.4 Å². The monoisotopic (exact) mass is 341 g/mol. The molecule has 0 spiro atoms. The van der Waals surface area contributed by atoms with E-state index in [1.54, 1.807) is 36.4 Å². The van der Waals surface area contributed by atoms with Crippen LogP contribution in [0.4, 0.5) is 5.69 Å². The van der Waals surface area contributed by atoms with Crippen LogP contribution in [0.5, 0.6) is 11.5 Å². The molecule has 0 heterocycles. The van der Waals surface area contributed by atoms with Crippen LogP contribution in [0.15, 0.2) is 48.5 Å². The summed E-state index contributed by atoms with van der Waals surface area (Å²) in [6, 6.07) is 13.5. The maximum atomic E-state index is 12.2. The average molecular weight is 341 g/mol. The molecular weight excluding hydrogens is 322 g/mol. The summed E-state index contributed by atoms with van der Waals surface area (Å²) in [7, 11) is 2.96. The summed E-state index contributed by atoms with van der Waals surface area (Å²) in [5.41, 5.74) is 0.931. The number of amides is 1. The van der Waals surface area contributed by atoms with E-state index in [4.69, 9.17) is 9.47 Å². The number of carbonyl (C=O) groups is 3. The highest BCUT2D eigenvalue weighted by atomic mass is 16.5. The molecule has 0 aliphatic heterocycles. The van der Waals surface area contributed by atoms with Crippen LogP contribution < -0.4 is 14.8 Å². The van der Waals surface area contributed by atoms with E-state index in [0.717, 1.165) is 0 Å². The number of hydrogen-bond donors (Lipinski definition) is 1. The molecule has 0 bridgehead atoms. The molecule has 0 aromatic heterocycles. The van der Waals surface area contributed by atoms with Gasteiger partial charge in [0, 0.05) is 11.3 Å². The molecule has 0 saturated heterocycles. The molecule has 130 valence electrons. The van der Waals surface area contributed by atoms with Gasteiger partial charge in [0.25, 0.3) is 0 Å². The van der Waals surface area contributed by atoms with E-state index < -0.39 is 11.7 Å². The minimum absolute atomic E-state index is 0.328. The van der Waals surface area contributed by atoms with Crippen LogP contribution in [0, 0.1) is 0 Å². The molecule has 2 aromatic rings. The minimum atomic E-state index is -0.451. The molecule has 6 nitrogen and oxygen atoms in total. The Balaban J connectivity index is 1.93. The van der Waals surface area contributed by atoms with Crippen molar-refractivity contribution in [2.45, 2.75) is 12.8 Å². The Morgan fingerprint density at radius 1 is 0.880 bits per heavy atom. The standard InChI is InChI=1S/C19H19NO5/c1-24-17-9-8-13(10-18(17)25-2)16(22)11-15(21)12-19(23)20-14-6-4-3-5-7-14/h3-10H,11-12H2,1-2H3,(H,20,23). The van der Waals surface area contributed by atoms with Crippen LogP contribution >= 0.6 is 0 Å². The first-order chi connectivity index (χ1) is 12.0. The molecule has 1 amide bonds. The quantitative estimate of drug-likeness (QED) is 0.590. The summed E-state index contributed by atoms with van der Waals surface area (Å²) in [5, 5.41) is 2.61. The number of Topliss-reactive ketones (excluding diaryl/α,β-unsaturated/α-hetero) is 2. The fourth-order valence-electron chi connectivity index (χ4n) is 2.26. The first-order valence-corrected chi connectivity index (χ1v) is 7.65. The van der Waals surface area contributed by atoms with Gasteiger partial charge >= 0.3 is 0 Å². The van der Waals surface area contributed by atoms with E-state index in [2.05, 4.69) is 5.32 Å². The maximum absolute atomic E-state index is 12.2. The van der Waals surface area contributed by atoms with E-state index in [1.807, 2.05) is 6.07 Å². The lowest BCUT2D eigenvalue weighted by molar-refractivity contribution is -0.124. The molecule has 0 aliphatic carbocycles. The molecule has 2 rings (SSSR count). The van der Waals surface area contributed by atoms with Crippen molar-refractivity contribution >= 4 is 23.2 Å². The van der Waals surface area contributed by atoms with Crippen molar-refractivity contribution in [1.82, 2.24) is 0 Å². The van der Waals surface area contributed by atoms with Crippen LogP contribution in [0.1, 0.15) is 23.2 Å². The molecule has 2 aromatic carbocycles. The van der Waals surface area contributed by atoms with Gasteiger partial charge in [0.05, 0.1) is 27.1 Å². The first kappa shape index (κ1) is 18.2. The third-order valence-corrected chi connectivity index (χ3v) is 3.48. The summed E-state index contributed by atoms with van der Waals surface area (Å²) >= 11 is 0. The Morgan fingerprint density at radius 3 is 2.20 bits per heavy atom. The van der Waals surface area contributed by atoms with Gasteiger partial charge in [-0.05, 0) is 30.3 Å². The Labute approximate surface area is 145 Å². The molecule has 1 N–H and O–H groups in total. The zero-order chi connectivity index (χ0) is 18.2. The summed E-state index contributed by atoms with van der Waals surface area (Å²) in [6.45, 7) is 0. The van der Waals surface area contributed by atoms with Crippen molar-refractivity contribution in [3.05, 3.63) is 54.1 Å². The number of benzene rings is 2. The number of hydrogen-bond acceptors (Lipinski definition) is 5. The number of rotatable bonds is 8. The zero-order valence-corrected chi connectivity index (χ0v) is 14.1. The van der Waals surface area contributed by atoms with Gasteiger partial charge in [-0.15, -0.1) is 0 Å². The third-order valence-electron chi connectivity index (χ3n) is 3.48. The molecule has 0 radical (unpaired) electrons. The van der Waals surface area contributed by atoms with Crippen molar-refractivity contribution < 1.29 is 23.9 Å². The third kappa shape index (κ3) is 5.17. The van der Waals surface area contributed by atoms with Gasteiger partial charge in [0.2, 0.25) is 5.91 Å². The summed E-state index contributed by atoms with van der Waals surface area (Å²) < 4.78 is 10.2. The molecule has 0 aliphatic rings. The first-order valence-electron chi connectivity index (χ1n) is 7.65. The summed E-state index contributed by atoms with van der Waals surface area (Å²) in [4.78, 5) is 36.0. The van der Waals surface area contributed by atoms with Gasteiger partial charge in [0.1, 0.15) is 5.78 Å². The summed E-state index contributed by atoms with van der Waals surface area (Å²) in [5.74, 6) is -0.377. The van der Waals surface area contributed by atoms with Crippen molar-refractivity contribution in [3.8, 4) is 11.5 Å². The zero-order valence-electron chi connectivity index (χ0n) is 14.1. The Kier molecular flexibility index (Phi) is 6.28. The lowest BCUT2D eigenvalue weighted by Gasteiger charge is -2.09. The van der Waals surface area contributed by atoms with E-state index in [-0.39, 0.29) is 18.6 Å². The second kappa shape index (κ2) is 8.63. The van der Waals surface area contributed by atoms with Crippen LogP contribution in [0.25, 0.3) is 0 Å². The molecule has 0 atom stereocenters. The predicted octanol–water partition coefficient (Wildman–Crippen LogP) is 2.87. The summed E-state index contributed by atoms with van der Waals surface area (Å²) in [6.07, 6.45) is -0.703. The van der Waals surface area contributed by atoms with Crippen molar-refractivity contribution in [1.29, 1.82) is 0 Å². The fourth-order valence-corrected chi connectivity index (χ4v) is 2.26. The van der Waals surface area contributed by atoms with E-state index in [0.29, 0.717) is 22.7 Å². The molecule has 0 fully saturated rings. The van der Waals surface area contributed by atoms with Gasteiger partial charge in [-0.1, -0.05) is 18.2 Å². The van der Waals surface area contributed by atoms with Gasteiger partial charge in [-0.3, -0.25) is 14.4 Å². The fraction of sp³-hybridized carbons (Fsp3) is 0.211. The Hall–Kier alpha value is -3.15. The van der Waals surface area contributed by atoms with Crippen LogP contribution in [0.3, 0.4) is 0 Å². The number of anilines is 1. The maximum Gasteiger partial charge on any atom is 0.231 e. The van der Waals surface area contributed by atoms with Gasteiger partial charge < -0.3 is 14.8 Å². The normalized spacial score (nSPS) is 10.0. The predicted molar refractivity (Wildman–Crippen MR) is 93.2 cm³/mol. The molecular formula is C19H19NO5. The van der Waals surface area contributed by atoms with E-state index in [1.165, 1.54) is 20.3 Å². The van der Waals surface area contributed by atoms with Crippen molar-refractivity contribution in [3.63, 3.8) is 0 Å². The Morgan fingerprint density at radius 2 is 1.56 bits per heavy atom. The number of ketones is 2. The average Bonchev–Trinajstić information content (AvgIpc) is 2.61. The van der Waals surface area contributed by atoms with Crippen LogP contribution in [0.2, 0.25) is 0 Å². The number of methoxy groups -OCH3 is 2. The molecule has 25 heavy (non-hydrogen) atoms. The smallest absolute Gasteiger partial charge is 0.231 e. The number of nitrogens with one attached hydrogen (secondary N) is 1. The lowest BCUT2D eigenvalue weighted by atomic mass is 10.0. The largest absolute Gasteiger partial charge is 0.493 e. The molecule has 0 saturated carbocycles. The number of ether oxygens (including phenoxy) is 2. The highest BCUT2D eigenvalue weighted by molar-refractivity contribution is 6.14. The molecule has 6 heteroatoms. The number of carbonyl (C=O) groups excluding carboxylic acids is 3. The van der Waals surface area contributed by atoms with Crippen molar-refractivity contribution in [2.24, 2.45) is 0 Å². The van der Waals surface area contributed by atoms with Crippen LogP contribution in [-0.4, -0.2) is 31.7 Å².